The van der Waals surface area contributed by atoms with Crippen LogP contribution in [0.4, 0.5) is 0 Å². The molecule has 0 aliphatic carbocycles. The van der Waals surface area contributed by atoms with Crippen LogP contribution in [0.15, 0.2) is 18.2 Å². The van der Waals surface area contributed by atoms with E-state index in [1.54, 1.807) is 14.2 Å². The first-order valence-electron chi connectivity index (χ1n) is 10.7. The lowest BCUT2D eigenvalue weighted by molar-refractivity contribution is 0.00427. The summed E-state index contributed by atoms with van der Waals surface area (Å²) in [6.07, 6.45) is 1.77. The molecule has 2 aliphatic rings. The van der Waals surface area contributed by atoms with E-state index >= 15 is 0 Å². The maximum Gasteiger partial charge on any atom is 0.165 e. The van der Waals surface area contributed by atoms with Crippen molar-refractivity contribution in [2.75, 3.05) is 73.4 Å². The van der Waals surface area contributed by atoms with E-state index in [2.05, 4.69) is 15.9 Å². The number of piperidine rings is 1. The van der Waals surface area contributed by atoms with Crippen LogP contribution in [0.2, 0.25) is 0 Å². The minimum absolute atomic E-state index is 0.251. The first-order chi connectivity index (χ1) is 14.2. The summed E-state index contributed by atoms with van der Waals surface area (Å²) < 4.78 is 22.3. The molecular formula is C22H36N2O5. The van der Waals surface area contributed by atoms with Gasteiger partial charge in [-0.3, -0.25) is 9.80 Å². The molecule has 0 saturated carbocycles. The highest BCUT2D eigenvalue weighted by atomic mass is 16.5. The number of benzene rings is 1. The van der Waals surface area contributed by atoms with E-state index in [0.29, 0.717) is 12.5 Å². The fourth-order valence-corrected chi connectivity index (χ4v) is 4.11. The van der Waals surface area contributed by atoms with E-state index in [1.807, 2.05) is 12.1 Å². The topological polar surface area (TPSA) is 63.6 Å². The van der Waals surface area contributed by atoms with Crippen molar-refractivity contribution < 1.29 is 24.1 Å². The molecule has 0 radical (unpaired) electrons. The van der Waals surface area contributed by atoms with Crippen molar-refractivity contribution in [2.45, 2.75) is 25.5 Å². The summed E-state index contributed by atoms with van der Waals surface area (Å²) in [6.45, 7) is 7.81. The zero-order valence-corrected chi connectivity index (χ0v) is 17.8. The van der Waals surface area contributed by atoms with Gasteiger partial charge in [-0.05, 0) is 37.9 Å². The molecule has 2 aliphatic heterocycles. The number of aliphatic hydroxyl groups is 1. The number of likely N-dealkylation sites (tertiary alicyclic amines) is 1. The Hall–Kier alpha value is -1.38. The van der Waals surface area contributed by atoms with Gasteiger partial charge in [0, 0.05) is 45.5 Å². The van der Waals surface area contributed by atoms with Gasteiger partial charge in [0.05, 0.1) is 20.3 Å². The molecular weight excluding hydrogens is 372 g/mol. The third-order valence-corrected chi connectivity index (χ3v) is 5.78. The lowest BCUT2D eigenvalue weighted by Gasteiger charge is -2.32. The Labute approximate surface area is 174 Å². The minimum atomic E-state index is -0.546. The van der Waals surface area contributed by atoms with Crippen LogP contribution in [0.3, 0.4) is 0 Å². The van der Waals surface area contributed by atoms with Crippen LogP contribution in [-0.2, 0) is 16.0 Å². The quantitative estimate of drug-likeness (QED) is 0.631. The van der Waals surface area contributed by atoms with Gasteiger partial charge < -0.3 is 24.1 Å². The number of methoxy groups -OCH3 is 2. The number of ether oxygens (including phenoxy) is 4. The molecule has 29 heavy (non-hydrogen) atoms. The average Bonchev–Trinajstić information content (AvgIpc) is 2.75. The maximum absolute atomic E-state index is 10.4. The van der Waals surface area contributed by atoms with Crippen molar-refractivity contribution >= 4 is 0 Å². The number of para-hydroxylation sites is 1. The Morgan fingerprint density at radius 3 is 2.55 bits per heavy atom. The SMILES string of the molecule is COCC1CCN(Cc2cccc(OC)c2OCC(O)CN2CCOCC2)CC1. The second-order valence-electron chi connectivity index (χ2n) is 8.00. The average molecular weight is 409 g/mol. The molecule has 164 valence electrons. The number of rotatable bonds is 10. The van der Waals surface area contributed by atoms with Crippen LogP contribution in [-0.4, -0.2) is 94.4 Å². The van der Waals surface area contributed by atoms with Gasteiger partial charge in [-0.2, -0.15) is 0 Å². The first-order valence-corrected chi connectivity index (χ1v) is 10.7. The molecule has 2 heterocycles. The van der Waals surface area contributed by atoms with Gasteiger partial charge in [0.1, 0.15) is 12.7 Å². The van der Waals surface area contributed by atoms with Crippen LogP contribution in [0.25, 0.3) is 0 Å². The van der Waals surface area contributed by atoms with E-state index < -0.39 is 6.10 Å². The van der Waals surface area contributed by atoms with Crippen LogP contribution < -0.4 is 9.47 Å². The van der Waals surface area contributed by atoms with E-state index in [0.717, 1.165) is 82.4 Å². The molecule has 0 aromatic heterocycles. The van der Waals surface area contributed by atoms with Gasteiger partial charge in [-0.1, -0.05) is 12.1 Å². The largest absolute Gasteiger partial charge is 0.493 e. The van der Waals surface area contributed by atoms with Crippen molar-refractivity contribution in [1.29, 1.82) is 0 Å². The second-order valence-corrected chi connectivity index (χ2v) is 8.00. The Bertz CT molecular complexity index is 601. The smallest absolute Gasteiger partial charge is 0.165 e. The highest BCUT2D eigenvalue weighted by Crippen LogP contribution is 2.33. The number of aliphatic hydroxyl groups excluding tert-OH is 1. The normalized spacial score (nSPS) is 20.5. The Morgan fingerprint density at radius 1 is 1.10 bits per heavy atom. The standard InChI is InChI=1S/C22H36N2O5/c1-26-16-18-6-8-23(9-7-18)14-19-4-3-5-21(27-2)22(19)29-17-20(25)15-24-10-12-28-13-11-24/h3-5,18,20,25H,6-17H2,1-2H3. The van der Waals surface area contributed by atoms with Crippen molar-refractivity contribution in [3.63, 3.8) is 0 Å². The molecule has 0 spiro atoms. The third-order valence-electron chi connectivity index (χ3n) is 5.78. The predicted octanol–water partition coefficient (Wildman–Crippen LogP) is 1.63. The van der Waals surface area contributed by atoms with Gasteiger partial charge in [-0.15, -0.1) is 0 Å². The summed E-state index contributed by atoms with van der Waals surface area (Å²) >= 11 is 0. The fraction of sp³-hybridized carbons (Fsp3) is 0.727. The molecule has 7 nitrogen and oxygen atoms in total. The number of nitrogens with zero attached hydrogens (tertiary/aromatic N) is 2. The summed E-state index contributed by atoms with van der Waals surface area (Å²) in [7, 11) is 3.44. The van der Waals surface area contributed by atoms with Crippen LogP contribution in [0.1, 0.15) is 18.4 Å². The zero-order chi connectivity index (χ0) is 20.5. The molecule has 0 amide bonds. The van der Waals surface area contributed by atoms with E-state index in [4.69, 9.17) is 18.9 Å². The Balaban J connectivity index is 1.56. The van der Waals surface area contributed by atoms with Crippen molar-refractivity contribution in [2.24, 2.45) is 5.92 Å². The number of hydrogen-bond acceptors (Lipinski definition) is 7. The summed E-state index contributed by atoms with van der Waals surface area (Å²) in [5.41, 5.74) is 1.10. The molecule has 7 heteroatoms. The van der Waals surface area contributed by atoms with Crippen molar-refractivity contribution in [3.8, 4) is 11.5 Å². The monoisotopic (exact) mass is 408 g/mol. The van der Waals surface area contributed by atoms with Gasteiger partial charge in [0.2, 0.25) is 0 Å². The maximum atomic E-state index is 10.4. The number of hydrogen-bond donors (Lipinski definition) is 1. The second kappa shape index (κ2) is 11.7. The molecule has 2 fully saturated rings. The van der Waals surface area contributed by atoms with Gasteiger partial charge in [0.15, 0.2) is 11.5 Å². The highest BCUT2D eigenvalue weighted by Gasteiger charge is 2.22. The Morgan fingerprint density at radius 2 is 1.86 bits per heavy atom. The lowest BCUT2D eigenvalue weighted by atomic mass is 9.97. The van der Waals surface area contributed by atoms with Crippen LogP contribution >= 0.6 is 0 Å². The van der Waals surface area contributed by atoms with Gasteiger partial charge in [0.25, 0.3) is 0 Å². The first kappa shape index (κ1) is 22.3. The molecule has 1 aromatic carbocycles. The summed E-state index contributed by atoms with van der Waals surface area (Å²) in [5, 5.41) is 10.4. The lowest BCUT2D eigenvalue weighted by Crippen LogP contribution is -2.42. The van der Waals surface area contributed by atoms with Crippen molar-refractivity contribution in [1.82, 2.24) is 9.80 Å². The molecule has 2 saturated heterocycles. The molecule has 1 N–H and O–H groups in total. The molecule has 1 unspecified atom stereocenters. The predicted molar refractivity (Wildman–Crippen MR) is 112 cm³/mol. The number of morpholine rings is 1. The zero-order valence-electron chi connectivity index (χ0n) is 17.8. The number of β-amino-alcohol motifs (C(OH)–C–C–N with tert-alkyl or cyclic N) is 1. The minimum Gasteiger partial charge on any atom is -0.493 e. The van der Waals surface area contributed by atoms with Crippen molar-refractivity contribution in [3.05, 3.63) is 23.8 Å². The van der Waals surface area contributed by atoms with E-state index in [1.165, 1.54) is 0 Å². The summed E-state index contributed by atoms with van der Waals surface area (Å²) in [5.74, 6) is 2.12. The van der Waals surface area contributed by atoms with Crippen LogP contribution in [0.5, 0.6) is 11.5 Å². The molecule has 1 aromatic rings. The summed E-state index contributed by atoms with van der Waals surface area (Å²) in [4.78, 5) is 4.67. The van der Waals surface area contributed by atoms with Gasteiger partial charge in [-0.25, -0.2) is 0 Å². The van der Waals surface area contributed by atoms with E-state index in [-0.39, 0.29) is 6.61 Å². The van der Waals surface area contributed by atoms with Crippen LogP contribution in [0, 0.1) is 5.92 Å². The molecule has 1 atom stereocenters. The molecule has 3 rings (SSSR count). The third kappa shape index (κ3) is 6.83. The Kier molecular flexibility index (Phi) is 9.01. The fourth-order valence-electron chi connectivity index (χ4n) is 4.11. The van der Waals surface area contributed by atoms with Gasteiger partial charge >= 0.3 is 0 Å². The highest BCUT2D eigenvalue weighted by molar-refractivity contribution is 5.46. The van der Waals surface area contributed by atoms with E-state index in [9.17, 15) is 5.11 Å². The molecule has 0 bridgehead atoms. The summed E-state index contributed by atoms with van der Waals surface area (Å²) in [6, 6.07) is 6.01.